The lowest BCUT2D eigenvalue weighted by Crippen LogP contribution is -2.13. The Labute approximate surface area is 71.2 Å². The fourth-order valence-electron chi connectivity index (χ4n) is 0.602. The van der Waals surface area contributed by atoms with Crippen molar-refractivity contribution in [2.75, 3.05) is 13.7 Å². The summed E-state index contributed by atoms with van der Waals surface area (Å²) in [6, 6.07) is 0. The van der Waals surface area contributed by atoms with Gasteiger partial charge in [0.15, 0.2) is 5.78 Å². The first-order chi connectivity index (χ1) is 5.63. The molecule has 0 heterocycles. The minimum Gasteiger partial charge on any atom is -0.503 e. The second-order valence-electron chi connectivity index (χ2n) is 2.04. The Morgan fingerprint density at radius 1 is 1.42 bits per heavy atom. The van der Waals surface area contributed by atoms with Crippen LogP contribution in [0.25, 0.3) is 0 Å². The molecule has 4 nitrogen and oxygen atoms in total. The molecule has 0 aromatic rings. The molecule has 0 atom stereocenters. The average Bonchev–Trinajstić information content (AvgIpc) is 1.99. The molecular weight excluding hydrogens is 160 g/mol. The van der Waals surface area contributed by atoms with Gasteiger partial charge in [-0.2, -0.15) is 0 Å². The van der Waals surface area contributed by atoms with E-state index in [9.17, 15) is 9.59 Å². The maximum absolute atomic E-state index is 11.0. The number of Topliss-reactive ketones (excluding diaryl/α,β-unsaturated/α-hetero) is 1. The minimum atomic E-state index is -0.646. The van der Waals surface area contributed by atoms with E-state index in [0.29, 0.717) is 0 Å². The average molecular weight is 172 g/mol. The van der Waals surface area contributed by atoms with E-state index in [1.165, 1.54) is 14.0 Å². The van der Waals surface area contributed by atoms with Crippen LogP contribution in [-0.2, 0) is 19.1 Å². The lowest BCUT2D eigenvalue weighted by atomic mass is 10.2. The van der Waals surface area contributed by atoms with E-state index in [2.05, 4.69) is 9.47 Å². The van der Waals surface area contributed by atoms with Gasteiger partial charge in [0.05, 0.1) is 13.7 Å². The highest BCUT2D eigenvalue weighted by molar-refractivity contribution is 6.16. The molecule has 0 aromatic heterocycles. The van der Waals surface area contributed by atoms with Gasteiger partial charge in [0.1, 0.15) is 11.8 Å². The highest BCUT2D eigenvalue weighted by atomic mass is 16.5. The molecule has 68 valence electrons. The number of carbonyl (C=O) groups is 2. The summed E-state index contributed by atoms with van der Waals surface area (Å²) in [6.45, 7) is 3.19. The molecule has 0 spiro atoms. The molecule has 0 radical (unpaired) electrons. The normalized spacial score (nSPS) is 10.8. The molecule has 0 aliphatic rings. The second kappa shape index (κ2) is 5.35. The quantitative estimate of drug-likeness (QED) is 0.205. The lowest BCUT2D eigenvalue weighted by Gasteiger charge is -2.01. The van der Waals surface area contributed by atoms with Crippen molar-refractivity contribution in [2.45, 2.75) is 13.8 Å². The second-order valence-corrected chi connectivity index (χ2v) is 2.04. The van der Waals surface area contributed by atoms with E-state index in [0.717, 1.165) is 6.26 Å². The van der Waals surface area contributed by atoms with Gasteiger partial charge in [-0.3, -0.25) is 4.79 Å². The van der Waals surface area contributed by atoms with Gasteiger partial charge in [0.25, 0.3) is 0 Å². The topological polar surface area (TPSA) is 52.6 Å². The molecule has 4 heteroatoms. The smallest absolute Gasteiger partial charge is 0.344 e. The third-order valence-electron chi connectivity index (χ3n) is 1.11. The highest BCUT2D eigenvalue weighted by Gasteiger charge is 2.15. The van der Waals surface area contributed by atoms with E-state index in [-0.39, 0.29) is 18.0 Å². The van der Waals surface area contributed by atoms with Gasteiger partial charge in [-0.1, -0.05) is 0 Å². The molecule has 12 heavy (non-hydrogen) atoms. The molecule has 0 unspecified atom stereocenters. The Morgan fingerprint density at radius 2 is 2.00 bits per heavy atom. The van der Waals surface area contributed by atoms with Gasteiger partial charge in [-0.25, -0.2) is 4.79 Å². The van der Waals surface area contributed by atoms with Crippen molar-refractivity contribution in [3.8, 4) is 0 Å². The van der Waals surface area contributed by atoms with Crippen molar-refractivity contribution in [3.05, 3.63) is 11.8 Å². The predicted octanol–water partition coefficient (Wildman–Crippen LogP) is 0.669. The summed E-state index contributed by atoms with van der Waals surface area (Å²) < 4.78 is 9.16. The number of ketones is 1. The van der Waals surface area contributed by atoms with Crippen LogP contribution in [0.3, 0.4) is 0 Å². The number of ether oxygens (including phenoxy) is 2. The summed E-state index contributed by atoms with van der Waals surface area (Å²) in [5.74, 6) is -1.01. The monoisotopic (exact) mass is 172 g/mol. The van der Waals surface area contributed by atoms with Crippen LogP contribution < -0.4 is 0 Å². The van der Waals surface area contributed by atoms with Crippen LogP contribution in [0.1, 0.15) is 13.8 Å². The summed E-state index contributed by atoms with van der Waals surface area (Å²) in [5, 5.41) is 0. The molecule has 0 fully saturated rings. The van der Waals surface area contributed by atoms with Crippen LogP contribution in [-0.4, -0.2) is 25.5 Å². The van der Waals surface area contributed by atoms with Crippen LogP contribution in [0, 0.1) is 0 Å². The molecule has 0 aliphatic carbocycles. The van der Waals surface area contributed by atoms with Crippen LogP contribution in [0.2, 0.25) is 0 Å². The first kappa shape index (κ1) is 10.7. The third kappa shape index (κ3) is 3.18. The molecule has 0 saturated carbocycles. The minimum absolute atomic E-state index is 0.0700. The summed E-state index contributed by atoms with van der Waals surface area (Å²) in [7, 11) is 1.36. The fourth-order valence-corrected chi connectivity index (χ4v) is 0.602. The van der Waals surface area contributed by atoms with Crippen molar-refractivity contribution in [1.29, 1.82) is 0 Å². The van der Waals surface area contributed by atoms with Gasteiger partial charge in [-0.05, 0) is 13.8 Å². The van der Waals surface area contributed by atoms with Gasteiger partial charge in [0.2, 0.25) is 0 Å². The summed E-state index contributed by atoms with van der Waals surface area (Å²) in [6.07, 6.45) is 1.08. The largest absolute Gasteiger partial charge is 0.503 e. The standard InChI is InChI=1S/C8H12O4/c1-4-12-8(10)7(5-11-3)6(2)9/h5H,4H2,1-3H3/b7-5-. The Hall–Kier alpha value is -1.32. The SMILES string of the molecule is CCOC(=O)/C(=C\OC)C(C)=O. The van der Waals surface area contributed by atoms with Crippen molar-refractivity contribution in [2.24, 2.45) is 0 Å². The summed E-state index contributed by atoms with van der Waals surface area (Å²) in [4.78, 5) is 21.8. The molecule has 0 N–H and O–H groups in total. The first-order valence-corrected chi connectivity index (χ1v) is 3.54. The fraction of sp³-hybridized carbons (Fsp3) is 0.500. The Morgan fingerprint density at radius 3 is 2.33 bits per heavy atom. The van der Waals surface area contributed by atoms with Crippen molar-refractivity contribution < 1.29 is 19.1 Å². The molecule has 0 amide bonds. The number of methoxy groups -OCH3 is 1. The first-order valence-electron chi connectivity index (χ1n) is 3.54. The number of rotatable bonds is 4. The number of esters is 1. The van der Waals surface area contributed by atoms with Crippen LogP contribution in [0.15, 0.2) is 11.8 Å². The molecule has 0 saturated heterocycles. The third-order valence-corrected chi connectivity index (χ3v) is 1.11. The molecule has 0 aromatic carbocycles. The van der Waals surface area contributed by atoms with E-state index < -0.39 is 5.97 Å². The van der Waals surface area contributed by atoms with E-state index >= 15 is 0 Å². The Bertz CT molecular complexity index is 205. The number of hydrogen-bond donors (Lipinski definition) is 0. The number of hydrogen-bond acceptors (Lipinski definition) is 4. The zero-order chi connectivity index (χ0) is 9.56. The van der Waals surface area contributed by atoms with Crippen molar-refractivity contribution in [3.63, 3.8) is 0 Å². The van der Waals surface area contributed by atoms with Crippen LogP contribution in [0.4, 0.5) is 0 Å². The lowest BCUT2D eigenvalue weighted by molar-refractivity contribution is -0.140. The van der Waals surface area contributed by atoms with Gasteiger partial charge in [-0.15, -0.1) is 0 Å². The molecule has 0 rings (SSSR count). The zero-order valence-corrected chi connectivity index (χ0v) is 7.42. The van der Waals surface area contributed by atoms with Crippen molar-refractivity contribution >= 4 is 11.8 Å². The molecule has 0 aliphatic heterocycles. The van der Waals surface area contributed by atoms with Crippen LogP contribution >= 0.6 is 0 Å². The molecular formula is C8H12O4. The van der Waals surface area contributed by atoms with Gasteiger partial charge >= 0.3 is 5.97 Å². The Kier molecular flexibility index (Phi) is 4.76. The maximum Gasteiger partial charge on any atom is 0.344 e. The van der Waals surface area contributed by atoms with E-state index in [1.54, 1.807) is 6.92 Å². The summed E-state index contributed by atoms with van der Waals surface area (Å²) >= 11 is 0. The van der Waals surface area contributed by atoms with Gasteiger partial charge in [0, 0.05) is 0 Å². The van der Waals surface area contributed by atoms with Crippen LogP contribution in [0.5, 0.6) is 0 Å². The van der Waals surface area contributed by atoms with E-state index in [4.69, 9.17) is 0 Å². The molecule has 0 bridgehead atoms. The predicted molar refractivity (Wildman–Crippen MR) is 42.4 cm³/mol. The highest BCUT2D eigenvalue weighted by Crippen LogP contribution is 1.99. The Balaban J connectivity index is 4.41. The van der Waals surface area contributed by atoms with Gasteiger partial charge < -0.3 is 9.47 Å². The summed E-state index contributed by atoms with van der Waals surface area (Å²) in [5.41, 5.74) is -0.0700. The zero-order valence-electron chi connectivity index (χ0n) is 7.42. The number of carbonyl (C=O) groups excluding carboxylic acids is 2. The maximum atomic E-state index is 11.0. The van der Waals surface area contributed by atoms with E-state index in [1.807, 2.05) is 0 Å². The van der Waals surface area contributed by atoms with Crippen molar-refractivity contribution in [1.82, 2.24) is 0 Å².